The van der Waals surface area contributed by atoms with Gasteiger partial charge in [-0.2, -0.15) is 0 Å². The van der Waals surface area contributed by atoms with Crippen molar-refractivity contribution in [3.05, 3.63) is 99.3 Å². The fraction of sp³-hybridized carbons (Fsp3) is 0.0455. The molecule has 0 saturated heterocycles. The van der Waals surface area contributed by atoms with Crippen LogP contribution in [0.3, 0.4) is 0 Å². The highest BCUT2D eigenvalue weighted by Gasteiger charge is 2.03. The maximum absolute atomic E-state index is 13.8. The standard InChI is InChI=1S/C22H17Cl2FN2S.BrH/c23-17-3-1-4-18(13-17)27-22(26)28-14-16-9-7-15(8-10-16)11-12-19-20(24)5-2-6-21(19)25;/h1-13H,14H2,(H2,26,27);1H. The highest BCUT2D eigenvalue weighted by molar-refractivity contribution is 8.93. The maximum atomic E-state index is 13.8. The normalized spacial score (nSPS) is 11.5. The van der Waals surface area contributed by atoms with E-state index >= 15 is 0 Å². The first kappa shape index (κ1) is 23.5. The minimum atomic E-state index is -0.341. The first-order valence-electron chi connectivity index (χ1n) is 8.45. The summed E-state index contributed by atoms with van der Waals surface area (Å²) in [7, 11) is 0. The van der Waals surface area contributed by atoms with E-state index in [1.54, 1.807) is 30.3 Å². The summed E-state index contributed by atoms with van der Waals surface area (Å²) in [4.78, 5) is 4.35. The summed E-state index contributed by atoms with van der Waals surface area (Å²) >= 11 is 13.4. The molecule has 0 radical (unpaired) electrons. The van der Waals surface area contributed by atoms with Gasteiger partial charge in [-0.1, -0.05) is 77.4 Å². The van der Waals surface area contributed by atoms with Crippen molar-refractivity contribution in [3.63, 3.8) is 0 Å². The van der Waals surface area contributed by atoms with Gasteiger partial charge in [0, 0.05) is 16.3 Å². The van der Waals surface area contributed by atoms with Gasteiger partial charge in [0.1, 0.15) is 5.82 Å². The van der Waals surface area contributed by atoms with Gasteiger partial charge in [0.15, 0.2) is 5.17 Å². The Hall–Kier alpha value is -1.79. The van der Waals surface area contributed by atoms with Gasteiger partial charge < -0.3 is 5.73 Å². The molecule has 0 aliphatic rings. The molecule has 3 aromatic rings. The molecule has 0 saturated carbocycles. The third-order valence-corrected chi connectivity index (χ3v) is 5.29. The second kappa shape index (κ2) is 11.4. The molecule has 2 N–H and O–H groups in total. The van der Waals surface area contributed by atoms with Crippen LogP contribution in [0.4, 0.5) is 10.1 Å². The smallest absolute Gasteiger partial charge is 0.159 e. The Labute approximate surface area is 194 Å². The molecule has 2 nitrogen and oxygen atoms in total. The zero-order chi connectivity index (χ0) is 19.9. The predicted octanol–water partition coefficient (Wildman–Crippen LogP) is 7.76. The van der Waals surface area contributed by atoms with Gasteiger partial charge in [-0.25, -0.2) is 9.38 Å². The third kappa shape index (κ3) is 7.19. The lowest BCUT2D eigenvalue weighted by Crippen LogP contribution is -2.06. The molecule has 0 aliphatic carbocycles. The molecule has 0 aromatic heterocycles. The van der Waals surface area contributed by atoms with Crippen LogP contribution in [0, 0.1) is 5.82 Å². The number of nitrogens with two attached hydrogens (primary N) is 1. The fourth-order valence-corrected chi connectivity index (χ4v) is 3.52. The maximum Gasteiger partial charge on any atom is 0.159 e. The van der Waals surface area contributed by atoms with Crippen LogP contribution in [-0.4, -0.2) is 5.17 Å². The van der Waals surface area contributed by atoms with E-state index in [9.17, 15) is 4.39 Å². The van der Waals surface area contributed by atoms with E-state index in [-0.39, 0.29) is 22.8 Å². The average Bonchev–Trinajstić information content (AvgIpc) is 2.67. The van der Waals surface area contributed by atoms with Crippen LogP contribution < -0.4 is 5.73 Å². The molecule has 29 heavy (non-hydrogen) atoms. The molecule has 150 valence electrons. The Morgan fingerprint density at radius 2 is 1.72 bits per heavy atom. The summed E-state index contributed by atoms with van der Waals surface area (Å²) in [6.45, 7) is 0. The van der Waals surface area contributed by atoms with E-state index in [2.05, 4.69) is 4.99 Å². The number of nitrogens with zero attached hydrogens (tertiary/aromatic N) is 1. The van der Waals surface area contributed by atoms with Gasteiger partial charge >= 0.3 is 0 Å². The first-order chi connectivity index (χ1) is 13.5. The Kier molecular flexibility index (Phi) is 9.24. The summed E-state index contributed by atoms with van der Waals surface area (Å²) in [6.07, 6.45) is 3.51. The van der Waals surface area contributed by atoms with Crippen molar-refractivity contribution in [2.75, 3.05) is 0 Å². The lowest BCUT2D eigenvalue weighted by atomic mass is 10.1. The Morgan fingerprint density at radius 1 is 1.00 bits per heavy atom. The Morgan fingerprint density at radius 3 is 2.41 bits per heavy atom. The van der Waals surface area contributed by atoms with Gasteiger partial charge in [-0.05, 0) is 47.5 Å². The number of amidine groups is 1. The summed E-state index contributed by atoms with van der Waals surface area (Å²) in [5.74, 6) is 0.352. The Balaban J connectivity index is 0.00000300. The van der Waals surface area contributed by atoms with Crippen LogP contribution in [0.15, 0.2) is 71.7 Å². The summed E-state index contributed by atoms with van der Waals surface area (Å²) < 4.78 is 13.8. The van der Waals surface area contributed by atoms with Gasteiger partial charge in [-0.15, -0.1) is 17.0 Å². The highest BCUT2D eigenvalue weighted by Crippen LogP contribution is 2.23. The minimum absolute atomic E-state index is 0. The molecule has 0 bridgehead atoms. The number of aliphatic imine (C=N–C) groups is 1. The second-order valence-electron chi connectivity index (χ2n) is 5.93. The molecule has 3 aromatic carbocycles. The van der Waals surface area contributed by atoms with E-state index in [1.807, 2.05) is 42.5 Å². The molecule has 7 heteroatoms. The number of halogens is 4. The number of benzene rings is 3. The zero-order valence-electron chi connectivity index (χ0n) is 15.2. The topological polar surface area (TPSA) is 38.4 Å². The highest BCUT2D eigenvalue weighted by atomic mass is 79.9. The second-order valence-corrected chi connectivity index (χ2v) is 7.77. The molecule has 3 rings (SSSR count). The van der Waals surface area contributed by atoms with Gasteiger partial charge in [0.2, 0.25) is 0 Å². The van der Waals surface area contributed by atoms with Crippen LogP contribution in [0.25, 0.3) is 12.2 Å². The molecule has 0 fully saturated rings. The van der Waals surface area contributed by atoms with Crippen molar-refractivity contribution in [3.8, 4) is 0 Å². The lowest BCUT2D eigenvalue weighted by molar-refractivity contribution is 0.625. The van der Waals surface area contributed by atoms with Crippen molar-refractivity contribution in [1.82, 2.24) is 0 Å². The molecule has 0 unspecified atom stereocenters. The van der Waals surface area contributed by atoms with Crippen molar-refractivity contribution in [2.24, 2.45) is 10.7 Å². The Bertz CT molecular complexity index is 1000. The molecular weight excluding hydrogens is 494 g/mol. The van der Waals surface area contributed by atoms with Crippen LogP contribution in [-0.2, 0) is 5.75 Å². The number of rotatable bonds is 5. The van der Waals surface area contributed by atoms with Crippen molar-refractivity contribution in [2.45, 2.75) is 5.75 Å². The summed E-state index contributed by atoms with van der Waals surface area (Å²) in [5, 5.41) is 1.48. The van der Waals surface area contributed by atoms with Crippen molar-refractivity contribution >= 4 is 75.0 Å². The molecule has 0 spiro atoms. The summed E-state index contributed by atoms with van der Waals surface area (Å²) in [6, 6.07) is 19.8. The van der Waals surface area contributed by atoms with E-state index < -0.39 is 0 Å². The predicted molar refractivity (Wildman–Crippen MR) is 131 cm³/mol. The molecule has 0 atom stereocenters. The van der Waals surface area contributed by atoms with Gasteiger partial charge in [0.05, 0.1) is 10.7 Å². The summed E-state index contributed by atoms with van der Waals surface area (Å²) in [5.41, 5.74) is 9.15. The molecule has 0 heterocycles. The van der Waals surface area contributed by atoms with E-state index in [0.717, 1.165) is 16.8 Å². The molecular formula is C22H18BrCl2FN2S. The van der Waals surface area contributed by atoms with E-state index in [0.29, 0.717) is 26.5 Å². The van der Waals surface area contributed by atoms with Crippen LogP contribution in [0.1, 0.15) is 16.7 Å². The lowest BCUT2D eigenvalue weighted by Gasteiger charge is -2.03. The monoisotopic (exact) mass is 510 g/mol. The van der Waals surface area contributed by atoms with E-state index in [4.69, 9.17) is 28.9 Å². The quantitative estimate of drug-likeness (QED) is 0.216. The van der Waals surface area contributed by atoms with Gasteiger partial charge in [-0.3, -0.25) is 0 Å². The molecule has 0 amide bonds. The third-order valence-electron chi connectivity index (χ3n) is 3.86. The SMILES string of the molecule is Br.NC(=Nc1cccc(Cl)c1)SCc1ccc(C=Cc2c(F)cccc2Cl)cc1. The first-order valence-corrected chi connectivity index (χ1v) is 10.2. The zero-order valence-corrected chi connectivity index (χ0v) is 19.2. The van der Waals surface area contributed by atoms with Crippen molar-refractivity contribution < 1.29 is 4.39 Å². The number of hydrogen-bond donors (Lipinski definition) is 1. The fourth-order valence-electron chi connectivity index (χ4n) is 2.44. The average molecular weight is 512 g/mol. The number of hydrogen-bond acceptors (Lipinski definition) is 2. The van der Waals surface area contributed by atoms with Crippen LogP contribution in [0.2, 0.25) is 10.0 Å². The van der Waals surface area contributed by atoms with Gasteiger partial charge in [0.25, 0.3) is 0 Å². The number of thioether (sulfide) groups is 1. The van der Waals surface area contributed by atoms with Crippen LogP contribution in [0.5, 0.6) is 0 Å². The van der Waals surface area contributed by atoms with Crippen molar-refractivity contribution in [1.29, 1.82) is 0 Å². The minimum Gasteiger partial charge on any atom is -0.378 e. The molecule has 0 aliphatic heterocycles. The van der Waals surface area contributed by atoms with Crippen LogP contribution >= 0.6 is 51.9 Å². The largest absolute Gasteiger partial charge is 0.378 e. The van der Waals surface area contributed by atoms with E-state index in [1.165, 1.54) is 17.8 Å².